The average Bonchev–Trinajstić information content (AvgIpc) is 2.68. The highest BCUT2D eigenvalue weighted by atomic mass is 16.5. The topological polar surface area (TPSA) is 68.3 Å². The normalized spacial score (nSPS) is 11.9. The second-order valence-corrected chi connectivity index (χ2v) is 6.48. The number of esters is 1. The number of amides is 1. The van der Waals surface area contributed by atoms with Gasteiger partial charge in [0.1, 0.15) is 6.04 Å². The van der Waals surface area contributed by atoms with Gasteiger partial charge < -0.3 is 10.1 Å². The third kappa shape index (κ3) is 5.55. The summed E-state index contributed by atoms with van der Waals surface area (Å²) in [6, 6.07) is 8.53. The van der Waals surface area contributed by atoms with Gasteiger partial charge in [0.15, 0.2) is 0 Å². The molecule has 26 heavy (non-hydrogen) atoms. The molecule has 0 aliphatic carbocycles. The molecule has 0 spiro atoms. The van der Waals surface area contributed by atoms with Gasteiger partial charge in [-0.3, -0.25) is 9.78 Å². The van der Waals surface area contributed by atoms with Gasteiger partial charge in [-0.05, 0) is 18.6 Å². The summed E-state index contributed by atoms with van der Waals surface area (Å²) in [6.07, 6.45) is 8.97. The fraction of sp³-hybridized carbons (Fsp3) is 0.476. The van der Waals surface area contributed by atoms with Crippen LogP contribution in [0.15, 0.2) is 36.5 Å². The zero-order valence-electron chi connectivity index (χ0n) is 15.7. The van der Waals surface area contributed by atoms with Crippen LogP contribution in [0, 0.1) is 0 Å². The largest absolute Gasteiger partial charge is 0.467 e. The SMILES string of the molecule is CCCCCCCC[C@H](NC(=O)c1ccnc2ccccc12)C(=O)OC. The van der Waals surface area contributed by atoms with Crippen molar-refractivity contribution in [3.05, 3.63) is 42.1 Å². The lowest BCUT2D eigenvalue weighted by atomic mass is 10.0. The van der Waals surface area contributed by atoms with Gasteiger partial charge in [0, 0.05) is 11.6 Å². The molecule has 0 fully saturated rings. The number of para-hydroxylation sites is 1. The van der Waals surface area contributed by atoms with E-state index in [0.29, 0.717) is 12.0 Å². The van der Waals surface area contributed by atoms with Crippen LogP contribution >= 0.6 is 0 Å². The lowest BCUT2D eigenvalue weighted by Crippen LogP contribution is -2.41. The molecule has 0 saturated carbocycles. The van der Waals surface area contributed by atoms with Crippen molar-refractivity contribution < 1.29 is 14.3 Å². The van der Waals surface area contributed by atoms with E-state index < -0.39 is 12.0 Å². The molecule has 0 aliphatic heterocycles. The highest BCUT2D eigenvalue weighted by Gasteiger charge is 2.22. The number of rotatable bonds is 10. The van der Waals surface area contributed by atoms with Gasteiger partial charge in [0.25, 0.3) is 5.91 Å². The first-order chi connectivity index (χ1) is 12.7. The first kappa shape index (κ1) is 19.9. The molecular formula is C21H28N2O3. The molecule has 2 aromatic rings. The van der Waals surface area contributed by atoms with Crippen molar-refractivity contribution in [1.29, 1.82) is 0 Å². The average molecular weight is 356 g/mol. The summed E-state index contributed by atoms with van der Waals surface area (Å²) in [5, 5.41) is 3.61. The van der Waals surface area contributed by atoms with Crippen LogP contribution in [0.25, 0.3) is 10.9 Å². The summed E-state index contributed by atoms with van der Waals surface area (Å²) in [7, 11) is 1.35. The van der Waals surface area contributed by atoms with Crippen LogP contribution < -0.4 is 5.32 Å². The van der Waals surface area contributed by atoms with Crippen LogP contribution in [-0.2, 0) is 9.53 Å². The fourth-order valence-electron chi connectivity index (χ4n) is 3.05. The maximum atomic E-state index is 12.7. The molecule has 1 aromatic heterocycles. The van der Waals surface area contributed by atoms with Crippen molar-refractivity contribution in [3.8, 4) is 0 Å². The quantitative estimate of drug-likeness (QED) is 0.510. The van der Waals surface area contributed by atoms with Crippen molar-refractivity contribution in [2.75, 3.05) is 7.11 Å². The molecule has 0 unspecified atom stereocenters. The lowest BCUT2D eigenvalue weighted by molar-refractivity contribution is -0.143. The summed E-state index contributed by atoms with van der Waals surface area (Å²) in [5.74, 6) is -0.671. The van der Waals surface area contributed by atoms with E-state index in [0.717, 1.165) is 30.2 Å². The van der Waals surface area contributed by atoms with Crippen LogP contribution in [0.5, 0.6) is 0 Å². The number of nitrogens with one attached hydrogen (secondary N) is 1. The Hall–Kier alpha value is -2.43. The number of hydrogen-bond donors (Lipinski definition) is 1. The van der Waals surface area contributed by atoms with Gasteiger partial charge in [-0.1, -0.05) is 63.6 Å². The number of pyridine rings is 1. The number of benzene rings is 1. The zero-order valence-corrected chi connectivity index (χ0v) is 15.7. The lowest BCUT2D eigenvalue weighted by Gasteiger charge is -2.17. The summed E-state index contributed by atoms with van der Waals surface area (Å²) < 4.78 is 4.87. The standard InChI is InChI=1S/C21H28N2O3/c1-3-4-5-6-7-8-13-19(21(25)26-2)23-20(24)17-14-15-22-18-12-10-9-11-16(17)18/h9-12,14-15,19H,3-8,13H2,1-2H3,(H,23,24)/t19-/m0/s1. The van der Waals surface area contributed by atoms with E-state index in [1.165, 1.54) is 26.4 Å². The molecule has 1 aromatic carbocycles. The minimum atomic E-state index is -0.620. The molecule has 0 saturated heterocycles. The Kier molecular flexibility index (Phi) is 8.06. The molecule has 0 aliphatic rings. The van der Waals surface area contributed by atoms with Gasteiger partial charge in [0.05, 0.1) is 18.2 Å². The molecule has 5 heteroatoms. The van der Waals surface area contributed by atoms with Crippen LogP contribution in [0.3, 0.4) is 0 Å². The minimum absolute atomic E-state index is 0.273. The molecule has 140 valence electrons. The van der Waals surface area contributed by atoms with Crippen molar-refractivity contribution >= 4 is 22.8 Å². The van der Waals surface area contributed by atoms with E-state index in [1.807, 2.05) is 24.3 Å². The van der Waals surface area contributed by atoms with Crippen molar-refractivity contribution in [2.24, 2.45) is 0 Å². The third-order valence-corrected chi connectivity index (χ3v) is 4.53. The smallest absolute Gasteiger partial charge is 0.328 e. The van der Waals surface area contributed by atoms with Crippen molar-refractivity contribution in [2.45, 2.75) is 57.9 Å². The van der Waals surface area contributed by atoms with E-state index in [2.05, 4.69) is 17.2 Å². The Morgan fingerprint density at radius 1 is 1.08 bits per heavy atom. The molecule has 2 rings (SSSR count). The second-order valence-electron chi connectivity index (χ2n) is 6.48. The third-order valence-electron chi connectivity index (χ3n) is 4.53. The molecule has 5 nitrogen and oxygen atoms in total. The number of carbonyl (C=O) groups excluding carboxylic acids is 2. The molecule has 1 atom stereocenters. The van der Waals surface area contributed by atoms with Crippen LogP contribution in [0.1, 0.15) is 62.2 Å². The van der Waals surface area contributed by atoms with Crippen LogP contribution in [0.4, 0.5) is 0 Å². The number of carbonyl (C=O) groups is 2. The predicted molar refractivity (Wildman–Crippen MR) is 103 cm³/mol. The van der Waals surface area contributed by atoms with E-state index in [4.69, 9.17) is 4.74 Å². The van der Waals surface area contributed by atoms with E-state index >= 15 is 0 Å². The van der Waals surface area contributed by atoms with E-state index in [1.54, 1.807) is 12.3 Å². The molecule has 0 bridgehead atoms. The molecule has 1 amide bonds. The maximum absolute atomic E-state index is 12.7. The number of aromatic nitrogens is 1. The number of nitrogens with zero attached hydrogens (tertiary/aromatic N) is 1. The highest BCUT2D eigenvalue weighted by molar-refractivity contribution is 6.07. The van der Waals surface area contributed by atoms with Gasteiger partial charge in [-0.15, -0.1) is 0 Å². The monoisotopic (exact) mass is 356 g/mol. The van der Waals surface area contributed by atoms with Crippen molar-refractivity contribution in [3.63, 3.8) is 0 Å². The Labute approximate surface area is 155 Å². The van der Waals surface area contributed by atoms with E-state index in [-0.39, 0.29) is 5.91 Å². The zero-order chi connectivity index (χ0) is 18.8. The maximum Gasteiger partial charge on any atom is 0.328 e. The number of hydrogen-bond acceptors (Lipinski definition) is 4. The number of methoxy groups -OCH3 is 1. The van der Waals surface area contributed by atoms with Gasteiger partial charge >= 0.3 is 5.97 Å². The Bertz CT molecular complexity index is 725. The number of unbranched alkanes of at least 4 members (excludes halogenated alkanes) is 5. The van der Waals surface area contributed by atoms with E-state index in [9.17, 15) is 9.59 Å². The predicted octanol–water partition coefficient (Wildman–Crippen LogP) is 4.26. The second kappa shape index (κ2) is 10.5. The molecule has 0 radical (unpaired) electrons. The van der Waals surface area contributed by atoms with Gasteiger partial charge in [-0.2, -0.15) is 0 Å². The first-order valence-electron chi connectivity index (χ1n) is 9.39. The Morgan fingerprint density at radius 2 is 1.81 bits per heavy atom. The highest BCUT2D eigenvalue weighted by Crippen LogP contribution is 2.17. The van der Waals surface area contributed by atoms with Crippen LogP contribution in [-0.4, -0.2) is 30.0 Å². The number of fused-ring (bicyclic) bond motifs is 1. The first-order valence-corrected chi connectivity index (χ1v) is 9.39. The summed E-state index contributed by atoms with van der Waals surface area (Å²) >= 11 is 0. The van der Waals surface area contributed by atoms with Crippen LogP contribution in [0.2, 0.25) is 0 Å². The van der Waals surface area contributed by atoms with Gasteiger partial charge in [-0.25, -0.2) is 4.79 Å². The van der Waals surface area contributed by atoms with Gasteiger partial charge in [0.2, 0.25) is 0 Å². The number of ether oxygens (including phenoxy) is 1. The summed E-state index contributed by atoms with van der Waals surface area (Å²) in [5.41, 5.74) is 1.28. The molecule has 1 heterocycles. The Morgan fingerprint density at radius 3 is 2.58 bits per heavy atom. The fourth-order valence-corrected chi connectivity index (χ4v) is 3.05. The minimum Gasteiger partial charge on any atom is -0.467 e. The Balaban J connectivity index is 2.00. The molecular weight excluding hydrogens is 328 g/mol. The molecule has 1 N–H and O–H groups in total. The van der Waals surface area contributed by atoms with Crippen molar-refractivity contribution in [1.82, 2.24) is 10.3 Å². The summed E-state index contributed by atoms with van der Waals surface area (Å²) in [6.45, 7) is 2.19. The summed E-state index contributed by atoms with van der Waals surface area (Å²) in [4.78, 5) is 29.0.